The third-order valence-electron chi connectivity index (χ3n) is 5.51. The van der Waals surface area contributed by atoms with Gasteiger partial charge in [-0.25, -0.2) is 0 Å². The number of rotatable bonds is 12. The van der Waals surface area contributed by atoms with Gasteiger partial charge < -0.3 is 19.7 Å². The van der Waals surface area contributed by atoms with Crippen molar-refractivity contribution in [3.8, 4) is 11.5 Å². The lowest BCUT2D eigenvalue weighted by Crippen LogP contribution is -2.51. The first-order valence-corrected chi connectivity index (χ1v) is 12.4. The Hall–Kier alpha value is -3.32. The van der Waals surface area contributed by atoms with Crippen molar-refractivity contribution in [2.24, 2.45) is 0 Å². The van der Waals surface area contributed by atoms with Crippen molar-refractivity contribution in [1.29, 1.82) is 0 Å². The second-order valence-corrected chi connectivity index (χ2v) is 9.02. The Morgan fingerprint density at radius 1 is 0.914 bits per heavy atom. The minimum absolute atomic E-state index is 0.175. The predicted octanol–water partition coefficient (Wildman–Crippen LogP) is 5.00. The Morgan fingerprint density at radius 2 is 1.57 bits per heavy atom. The van der Waals surface area contributed by atoms with Gasteiger partial charge in [0.05, 0.1) is 7.11 Å². The van der Waals surface area contributed by atoms with Crippen LogP contribution in [0.5, 0.6) is 11.5 Å². The van der Waals surface area contributed by atoms with E-state index >= 15 is 0 Å². The Morgan fingerprint density at radius 3 is 2.20 bits per heavy atom. The predicted molar refractivity (Wildman–Crippen MR) is 140 cm³/mol. The van der Waals surface area contributed by atoms with Gasteiger partial charge in [-0.3, -0.25) is 9.59 Å². The SMILES string of the molecule is CCCNC(=O)[C@@H](Cc1ccccc1)N(Cc1ccc(Br)cc1)C(=O)COc1ccc(OC)cc1. The van der Waals surface area contributed by atoms with Gasteiger partial charge in [-0.05, 0) is 53.9 Å². The van der Waals surface area contributed by atoms with Crippen LogP contribution in [-0.2, 0) is 22.6 Å². The number of hydrogen-bond acceptors (Lipinski definition) is 4. The summed E-state index contributed by atoms with van der Waals surface area (Å²) in [6.07, 6.45) is 1.21. The fourth-order valence-electron chi connectivity index (χ4n) is 3.61. The third-order valence-corrected chi connectivity index (χ3v) is 6.04. The fourth-order valence-corrected chi connectivity index (χ4v) is 3.87. The smallest absolute Gasteiger partial charge is 0.261 e. The van der Waals surface area contributed by atoms with E-state index in [-0.39, 0.29) is 25.0 Å². The first-order valence-electron chi connectivity index (χ1n) is 11.6. The van der Waals surface area contributed by atoms with Crippen LogP contribution in [0.3, 0.4) is 0 Å². The number of halogens is 1. The molecular formula is C28H31BrN2O4. The molecule has 0 aliphatic carbocycles. The molecule has 1 atom stereocenters. The van der Waals surface area contributed by atoms with Crippen LogP contribution in [0.15, 0.2) is 83.3 Å². The van der Waals surface area contributed by atoms with Crippen LogP contribution in [0.4, 0.5) is 0 Å². The van der Waals surface area contributed by atoms with E-state index in [0.29, 0.717) is 24.5 Å². The second-order valence-electron chi connectivity index (χ2n) is 8.11. The number of methoxy groups -OCH3 is 1. The molecule has 0 saturated carbocycles. The Balaban J connectivity index is 1.86. The third kappa shape index (κ3) is 8.14. The quantitative estimate of drug-likeness (QED) is 0.352. The summed E-state index contributed by atoms with van der Waals surface area (Å²) in [6, 6.07) is 23.8. The fraction of sp³-hybridized carbons (Fsp3) is 0.286. The highest BCUT2D eigenvalue weighted by molar-refractivity contribution is 9.10. The summed E-state index contributed by atoms with van der Waals surface area (Å²) in [5.74, 6) is 0.816. The van der Waals surface area contributed by atoms with Crippen LogP contribution < -0.4 is 14.8 Å². The molecule has 0 spiro atoms. The van der Waals surface area contributed by atoms with Crippen LogP contribution in [0.1, 0.15) is 24.5 Å². The first-order chi connectivity index (χ1) is 17.0. The average Bonchev–Trinajstić information content (AvgIpc) is 2.89. The number of nitrogens with zero attached hydrogens (tertiary/aromatic N) is 1. The van der Waals surface area contributed by atoms with E-state index < -0.39 is 6.04 Å². The molecule has 7 heteroatoms. The van der Waals surface area contributed by atoms with Gasteiger partial charge in [0.2, 0.25) is 5.91 Å². The second kappa shape index (κ2) is 13.5. The highest BCUT2D eigenvalue weighted by Crippen LogP contribution is 2.19. The molecule has 0 fully saturated rings. The van der Waals surface area contributed by atoms with Crippen LogP contribution in [-0.4, -0.2) is 43.0 Å². The van der Waals surface area contributed by atoms with Crippen LogP contribution in [0.2, 0.25) is 0 Å². The van der Waals surface area contributed by atoms with Gasteiger partial charge in [-0.1, -0.05) is 65.3 Å². The molecule has 184 valence electrons. The summed E-state index contributed by atoms with van der Waals surface area (Å²) >= 11 is 3.45. The van der Waals surface area contributed by atoms with Gasteiger partial charge in [0.15, 0.2) is 6.61 Å². The summed E-state index contributed by atoms with van der Waals surface area (Å²) in [7, 11) is 1.59. The Labute approximate surface area is 215 Å². The summed E-state index contributed by atoms with van der Waals surface area (Å²) in [5, 5.41) is 2.97. The van der Waals surface area contributed by atoms with Crippen molar-refractivity contribution < 1.29 is 19.1 Å². The van der Waals surface area contributed by atoms with Gasteiger partial charge in [-0.15, -0.1) is 0 Å². The van der Waals surface area contributed by atoms with Gasteiger partial charge in [-0.2, -0.15) is 0 Å². The number of hydrogen-bond donors (Lipinski definition) is 1. The monoisotopic (exact) mass is 538 g/mol. The number of amides is 2. The topological polar surface area (TPSA) is 67.9 Å². The van der Waals surface area contributed by atoms with Gasteiger partial charge >= 0.3 is 0 Å². The first kappa shape index (κ1) is 26.3. The number of carbonyl (C=O) groups excluding carboxylic acids is 2. The molecule has 0 heterocycles. The van der Waals surface area contributed by atoms with E-state index in [0.717, 1.165) is 22.0 Å². The van der Waals surface area contributed by atoms with E-state index in [9.17, 15) is 9.59 Å². The zero-order chi connectivity index (χ0) is 25.0. The highest BCUT2D eigenvalue weighted by Gasteiger charge is 2.30. The molecule has 2 amide bonds. The minimum atomic E-state index is -0.681. The lowest BCUT2D eigenvalue weighted by molar-refractivity contribution is -0.142. The zero-order valence-corrected chi connectivity index (χ0v) is 21.7. The van der Waals surface area contributed by atoms with E-state index in [1.165, 1.54) is 0 Å². The minimum Gasteiger partial charge on any atom is -0.497 e. The van der Waals surface area contributed by atoms with Crippen molar-refractivity contribution in [3.63, 3.8) is 0 Å². The van der Waals surface area contributed by atoms with Crippen molar-refractivity contribution in [3.05, 3.63) is 94.5 Å². The van der Waals surface area contributed by atoms with Gasteiger partial charge in [0, 0.05) is 24.0 Å². The molecule has 0 unspecified atom stereocenters. The molecule has 35 heavy (non-hydrogen) atoms. The number of carbonyl (C=O) groups is 2. The zero-order valence-electron chi connectivity index (χ0n) is 20.1. The number of benzene rings is 3. The molecule has 0 aliphatic rings. The molecule has 3 aromatic rings. The van der Waals surface area contributed by atoms with Crippen molar-refractivity contribution in [2.45, 2.75) is 32.4 Å². The van der Waals surface area contributed by atoms with Crippen LogP contribution in [0, 0.1) is 0 Å². The standard InChI is InChI=1S/C28H31BrN2O4/c1-3-17-30-28(33)26(18-21-7-5-4-6-8-21)31(19-22-9-11-23(29)12-10-22)27(32)20-35-25-15-13-24(34-2)14-16-25/h4-16,26H,3,17-20H2,1-2H3,(H,30,33)/t26-/m1/s1. The summed E-state index contributed by atoms with van der Waals surface area (Å²) in [5.41, 5.74) is 1.90. The summed E-state index contributed by atoms with van der Waals surface area (Å²) < 4.78 is 11.9. The molecule has 6 nitrogen and oxygen atoms in total. The van der Waals surface area contributed by atoms with Gasteiger partial charge in [0.1, 0.15) is 17.5 Å². The van der Waals surface area contributed by atoms with Crippen LogP contribution >= 0.6 is 15.9 Å². The van der Waals surface area contributed by atoms with E-state index in [4.69, 9.17) is 9.47 Å². The molecule has 3 rings (SSSR count). The Kier molecular flexibility index (Phi) is 10.2. The van der Waals surface area contributed by atoms with E-state index in [1.807, 2.05) is 61.5 Å². The average molecular weight is 539 g/mol. The number of ether oxygens (including phenoxy) is 2. The van der Waals surface area contributed by atoms with Gasteiger partial charge in [0.25, 0.3) is 5.91 Å². The number of nitrogens with one attached hydrogen (secondary N) is 1. The van der Waals surface area contributed by atoms with Crippen LogP contribution in [0.25, 0.3) is 0 Å². The normalized spacial score (nSPS) is 11.4. The lowest BCUT2D eigenvalue weighted by atomic mass is 10.0. The maximum atomic E-state index is 13.5. The molecule has 3 aromatic carbocycles. The lowest BCUT2D eigenvalue weighted by Gasteiger charge is -2.31. The molecule has 0 radical (unpaired) electrons. The Bertz CT molecular complexity index is 1070. The molecular weight excluding hydrogens is 508 g/mol. The maximum Gasteiger partial charge on any atom is 0.261 e. The van der Waals surface area contributed by atoms with Crippen molar-refractivity contribution in [1.82, 2.24) is 10.2 Å². The molecule has 0 aliphatic heterocycles. The van der Waals surface area contributed by atoms with E-state index in [1.54, 1.807) is 36.3 Å². The summed E-state index contributed by atoms with van der Waals surface area (Å²) in [6.45, 7) is 2.65. The van der Waals surface area contributed by atoms with Crippen molar-refractivity contribution in [2.75, 3.05) is 20.3 Å². The maximum absolute atomic E-state index is 13.5. The largest absolute Gasteiger partial charge is 0.497 e. The van der Waals surface area contributed by atoms with E-state index in [2.05, 4.69) is 21.2 Å². The molecule has 0 bridgehead atoms. The highest BCUT2D eigenvalue weighted by atomic mass is 79.9. The molecule has 0 saturated heterocycles. The molecule has 0 aromatic heterocycles. The molecule has 1 N–H and O–H groups in total. The van der Waals surface area contributed by atoms with Crippen molar-refractivity contribution >= 4 is 27.7 Å². The summed E-state index contributed by atoms with van der Waals surface area (Å²) in [4.78, 5) is 28.4.